The van der Waals surface area contributed by atoms with Crippen molar-refractivity contribution in [3.63, 3.8) is 0 Å². The van der Waals surface area contributed by atoms with Gasteiger partial charge in [0.1, 0.15) is 30.4 Å². The highest BCUT2D eigenvalue weighted by molar-refractivity contribution is 5.79. The minimum atomic E-state index is -1.38. The standard InChI is InChI=1S/C10H9F2NO4/c11-6-2-1-3-7(12)10(6)13(4-8(14)15)5-9(16)17/h1-3H,4-5H2,(H,14,15)(H,16,17). The lowest BCUT2D eigenvalue weighted by atomic mass is 10.2. The van der Waals surface area contributed by atoms with Gasteiger partial charge in [-0.15, -0.1) is 0 Å². The van der Waals surface area contributed by atoms with Gasteiger partial charge in [-0.2, -0.15) is 0 Å². The highest BCUT2D eigenvalue weighted by atomic mass is 19.1. The molecule has 0 saturated carbocycles. The van der Waals surface area contributed by atoms with Crippen molar-refractivity contribution in [2.45, 2.75) is 0 Å². The first-order valence-electron chi connectivity index (χ1n) is 4.54. The molecular weight excluding hydrogens is 236 g/mol. The summed E-state index contributed by atoms with van der Waals surface area (Å²) in [5.74, 6) is -4.78. The number of carboxylic acids is 2. The van der Waals surface area contributed by atoms with Crippen LogP contribution in [0.5, 0.6) is 0 Å². The lowest BCUT2D eigenvalue weighted by Gasteiger charge is -2.21. The van der Waals surface area contributed by atoms with Crippen LogP contribution in [0, 0.1) is 11.6 Å². The molecule has 2 N–H and O–H groups in total. The van der Waals surface area contributed by atoms with E-state index in [1.165, 1.54) is 0 Å². The van der Waals surface area contributed by atoms with Crippen LogP contribution in [-0.4, -0.2) is 35.2 Å². The number of benzene rings is 1. The second-order valence-electron chi connectivity index (χ2n) is 3.21. The summed E-state index contributed by atoms with van der Waals surface area (Å²) in [5, 5.41) is 17.1. The van der Waals surface area contributed by atoms with Gasteiger partial charge in [0.2, 0.25) is 0 Å². The Morgan fingerprint density at radius 3 is 1.82 bits per heavy atom. The van der Waals surface area contributed by atoms with Crippen LogP contribution in [0.25, 0.3) is 0 Å². The second-order valence-corrected chi connectivity index (χ2v) is 3.21. The zero-order chi connectivity index (χ0) is 13.0. The van der Waals surface area contributed by atoms with E-state index in [1.54, 1.807) is 0 Å². The van der Waals surface area contributed by atoms with E-state index in [2.05, 4.69) is 0 Å². The Balaban J connectivity index is 3.11. The average molecular weight is 245 g/mol. The third-order valence-corrected chi connectivity index (χ3v) is 1.91. The summed E-state index contributed by atoms with van der Waals surface area (Å²) in [5.41, 5.74) is -0.655. The van der Waals surface area contributed by atoms with Crippen molar-refractivity contribution in [2.24, 2.45) is 0 Å². The van der Waals surface area contributed by atoms with Crippen LogP contribution in [0.15, 0.2) is 18.2 Å². The lowest BCUT2D eigenvalue weighted by molar-refractivity contribution is -0.136. The first kappa shape index (κ1) is 12.9. The summed E-state index contributed by atoms with van der Waals surface area (Å²) >= 11 is 0. The highest BCUT2D eigenvalue weighted by Crippen LogP contribution is 2.22. The second kappa shape index (κ2) is 5.24. The maximum atomic E-state index is 13.3. The molecule has 0 atom stereocenters. The minimum absolute atomic E-state index is 0.606. The van der Waals surface area contributed by atoms with Gasteiger partial charge in [0.15, 0.2) is 0 Å². The van der Waals surface area contributed by atoms with Gasteiger partial charge in [0, 0.05) is 0 Å². The summed E-state index contributed by atoms with van der Waals surface area (Å²) in [6.45, 7) is -1.60. The zero-order valence-corrected chi connectivity index (χ0v) is 8.56. The Morgan fingerprint density at radius 2 is 1.47 bits per heavy atom. The molecule has 17 heavy (non-hydrogen) atoms. The van der Waals surface area contributed by atoms with Crippen molar-refractivity contribution in [3.8, 4) is 0 Å². The van der Waals surface area contributed by atoms with Crippen molar-refractivity contribution < 1.29 is 28.6 Å². The molecule has 0 amide bonds. The molecule has 92 valence electrons. The fraction of sp³-hybridized carbons (Fsp3) is 0.200. The van der Waals surface area contributed by atoms with Gasteiger partial charge in [-0.1, -0.05) is 6.07 Å². The Hall–Kier alpha value is -2.18. The average Bonchev–Trinajstić information content (AvgIpc) is 2.14. The minimum Gasteiger partial charge on any atom is -0.480 e. The number of nitrogens with zero attached hydrogens (tertiary/aromatic N) is 1. The molecule has 0 saturated heterocycles. The maximum absolute atomic E-state index is 13.3. The number of carbonyl (C=O) groups is 2. The smallest absolute Gasteiger partial charge is 0.323 e. The molecule has 0 unspecified atom stereocenters. The molecule has 1 rings (SSSR count). The van der Waals surface area contributed by atoms with Gasteiger partial charge in [0.25, 0.3) is 0 Å². The Labute approximate surface area is 94.9 Å². The summed E-state index contributed by atoms with van der Waals surface area (Å²) in [4.78, 5) is 21.6. The number of carboxylic acid groups (broad SMARTS) is 2. The summed E-state index contributed by atoms with van der Waals surface area (Å²) in [7, 11) is 0. The Bertz CT molecular complexity index is 414. The van der Waals surface area contributed by atoms with Gasteiger partial charge in [-0.3, -0.25) is 9.59 Å². The number of hydrogen-bond donors (Lipinski definition) is 2. The van der Waals surface area contributed by atoms with Crippen LogP contribution >= 0.6 is 0 Å². The number of para-hydroxylation sites is 1. The van der Waals surface area contributed by atoms with Gasteiger partial charge in [-0.25, -0.2) is 8.78 Å². The van der Waals surface area contributed by atoms with Crippen molar-refractivity contribution >= 4 is 17.6 Å². The molecule has 0 aliphatic heterocycles. The number of aliphatic carboxylic acids is 2. The lowest BCUT2D eigenvalue weighted by Crippen LogP contribution is -2.35. The first-order chi connectivity index (χ1) is 7.91. The van der Waals surface area contributed by atoms with Gasteiger partial charge in [0.05, 0.1) is 0 Å². The van der Waals surface area contributed by atoms with Crippen molar-refractivity contribution in [1.82, 2.24) is 0 Å². The normalized spacial score (nSPS) is 10.0. The van der Waals surface area contributed by atoms with E-state index in [1.807, 2.05) is 0 Å². The van der Waals surface area contributed by atoms with Crippen molar-refractivity contribution in [1.29, 1.82) is 0 Å². The molecule has 0 fully saturated rings. The Morgan fingerprint density at radius 1 is 1.06 bits per heavy atom. The monoisotopic (exact) mass is 245 g/mol. The van der Waals surface area contributed by atoms with Gasteiger partial charge in [-0.05, 0) is 12.1 Å². The summed E-state index contributed by atoms with van der Waals surface area (Å²) in [6.07, 6.45) is 0. The molecule has 0 heterocycles. The summed E-state index contributed by atoms with van der Waals surface area (Å²) < 4.78 is 26.7. The van der Waals surface area contributed by atoms with Crippen LogP contribution in [0.3, 0.4) is 0 Å². The molecule has 0 aromatic heterocycles. The SMILES string of the molecule is O=C(O)CN(CC(=O)O)c1c(F)cccc1F. The number of rotatable bonds is 5. The highest BCUT2D eigenvalue weighted by Gasteiger charge is 2.20. The third-order valence-electron chi connectivity index (χ3n) is 1.91. The van der Waals surface area contributed by atoms with Crippen molar-refractivity contribution in [2.75, 3.05) is 18.0 Å². The van der Waals surface area contributed by atoms with Crippen molar-refractivity contribution in [3.05, 3.63) is 29.8 Å². The van der Waals surface area contributed by atoms with Crippen LogP contribution in [0.4, 0.5) is 14.5 Å². The summed E-state index contributed by atoms with van der Waals surface area (Å²) in [6, 6.07) is 2.96. The molecule has 5 nitrogen and oxygen atoms in total. The quantitative estimate of drug-likeness (QED) is 0.807. The van der Waals surface area contributed by atoms with E-state index < -0.39 is 42.3 Å². The molecular formula is C10H9F2NO4. The van der Waals surface area contributed by atoms with Crippen LogP contribution < -0.4 is 4.90 Å². The molecule has 0 aliphatic rings. The zero-order valence-electron chi connectivity index (χ0n) is 8.56. The van der Waals surface area contributed by atoms with E-state index in [9.17, 15) is 18.4 Å². The largest absolute Gasteiger partial charge is 0.480 e. The number of hydrogen-bond acceptors (Lipinski definition) is 3. The molecule has 0 bridgehead atoms. The van der Waals surface area contributed by atoms with Gasteiger partial charge < -0.3 is 15.1 Å². The van der Waals surface area contributed by atoms with E-state index in [0.29, 0.717) is 4.90 Å². The Kier molecular flexibility index (Phi) is 3.97. The number of halogens is 2. The van der Waals surface area contributed by atoms with E-state index in [4.69, 9.17) is 10.2 Å². The van der Waals surface area contributed by atoms with E-state index in [0.717, 1.165) is 18.2 Å². The van der Waals surface area contributed by atoms with Crippen LogP contribution in [0.2, 0.25) is 0 Å². The fourth-order valence-electron chi connectivity index (χ4n) is 1.33. The molecule has 1 aromatic carbocycles. The van der Waals surface area contributed by atoms with E-state index >= 15 is 0 Å². The van der Waals surface area contributed by atoms with Gasteiger partial charge >= 0.3 is 11.9 Å². The molecule has 7 heteroatoms. The van der Waals surface area contributed by atoms with E-state index in [-0.39, 0.29) is 0 Å². The third kappa shape index (κ3) is 3.40. The molecule has 0 spiro atoms. The van der Waals surface area contributed by atoms with Crippen LogP contribution in [-0.2, 0) is 9.59 Å². The molecule has 0 radical (unpaired) electrons. The fourth-order valence-corrected chi connectivity index (χ4v) is 1.33. The maximum Gasteiger partial charge on any atom is 0.323 e. The molecule has 0 aliphatic carbocycles. The van der Waals surface area contributed by atoms with Crippen LogP contribution in [0.1, 0.15) is 0 Å². The predicted octanol–water partition coefficient (Wildman–Crippen LogP) is 0.940. The number of anilines is 1. The molecule has 1 aromatic rings. The first-order valence-corrected chi connectivity index (χ1v) is 4.54. The topological polar surface area (TPSA) is 77.8 Å². The predicted molar refractivity (Wildman–Crippen MR) is 53.8 cm³/mol.